The average Bonchev–Trinajstić information content (AvgIpc) is 3.38. The average molecular weight is 412 g/mol. The minimum absolute atomic E-state index is 0.145. The highest BCUT2D eigenvalue weighted by molar-refractivity contribution is 7.16. The maximum atomic E-state index is 13.0. The molecule has 2 heterocycles. The van der Waals surface area contributed by atoms with Gasteiger partial charge in [-0.05, 0) is 62.1 Å². The van der Waals surface area contributed by atoms with Crippen molar-refractivity contribution in [1.82, 2.24) is 4.98 Å². The van der Waals surface area contributed by atoms with Crippen molar-refractivity contribution in [3.8, 4) is 5.75 Å². The van der Waals surface area contributed by atoms with Crippen molar-refractivity contribution in [2.75, 3.05) is 11.4 Å². The lowest BCUT2D eigenvalue weighted by atomic mass is 10.0. The Hall–Kier alpha value is -2.93. The van der Waals surface area contributed by atoms with E-state index in [-0.39, 0.29) is 24.1 Å². The molecule has 1 aliphatic rings. The number of halogens is 1. The van der Waals surface area contributed by atoms with E-state index in [9.17, 15) is 9.18 Å². The minimum atomic E-state index is -0.325. The number of amides is 1. The molecule has 5 nitrogen and oxygen atoms in total. The molecule has 0 saturated heterocycles. The number of benzene rings is 1. The molecule has 0 radical (unpaired) electrons. The number of nitrogens with zero attached hydrogens (tertiary/aromatic N) is 2. The van der Waals surface area contributed by atoms with Gasteiger partial charge in [-0.2, -0.15) is 0 Å². The third-order valence-electron chi connectivity index (χ3n) is 4.69. The first kappa shape index (κ1) is 19.4. The Morgan fingerprint density at radius 1 is 1.24 bits per heavy atom. The van der Waals surface area contributed by atoms with Crippen molar-refractivity contribution >= 4 is 22.4 Å². The highest BCUT2D eigenvalue weighted by Crippen LogP contribution is 2.32. The summed E-state index contributed by atoms with van der Waals surface area (Å²) < 4.78 is 24.2. The number of carbonyl (C=O) groups is 1. The molecule has 7 heteroatoms. The number of carbonyl (C=O) groups excluding carboxylic acids is 1. The van der Waals surface area contributed by atoms with Crippen LogP contribution in [0.4, 0.5) is 9.52 Å². The molecule has 0 spiro atoms. The fourth-order valence-electron chi connectivity index (χ4n) is 3.22. The van der Waals surface area contributed by atoms with Crippen LogP contribution >= 0.6 is 11.3 Å². The molecule has 29 heavy (non-hydrogen) atoms. The van der Waals surface area contributed by atoms with Crippen molar-refractivity contribution in [2.24, 2.45) is 0 Å². The molecule has 1 aliphatic carbocycles. The Morgan fingerprint density at radius 2 is 2.03 bits per heavy atom. The molecule has 0 bridgehead atoms. The topological polar surface area (TPSA) is 55.6 Å². The summed E-state index contributed by atoms with van der Waals surface area (Å²) in [4.78, 5) is 20.6. The number of fused-ring (bicyclic) bond motifs is 1. The summed E-state index contributed by atoms with van der Waals surface area (Å²) in [7, 11) is 0. The van der Waals surface area contributed by atoms with Gasteiger partial charge in [-0.3, -0.25) is 9.69 Å². The van der Waals surface area contributed by atoms with Crippen molar-refractivity contribution < 1.29 is 18.3 Å². The molecule has 0 N–H and O–H groups in total. The van der Waals surface area contributed by atoms with E-state index in [1.54, 1.807) is 46.6 Å². The van der Waals surface area contributed by atoms with E-state index in [0.29, 0.717) is 23.2 Å². The highest BCUT2D eigenvalue weighted by atomic mass is 32.1. The molecule has 0 atom stereocenters. The summed E-state index contributed by atoms with van der Waals surface area (Å²) in [5, 5.41) is 0.683. The van der Waals surface area contributed by atoms with Crippen molar-refractivity contribution in [1.29, 1.82) is 0 Å². The van der Waals surface area contributed by atoms with Crippen LogP contribution in [0.2, 0.25) is 0 Å². The maximum Gasteiger partial charge on any atom is 0.296 e. The van der Waals surface area contributed by atoms with Gasteiger partial charge in [0, 0.05) is 11.4 Å². The van der Waals surface area contributed by atoms with Crippen LogP contribution < -0.4 is 9.64 Å². The molecule has 0 aliphatic heterocycles. The molecule has 1 amide bonds. The van der Waals surface area contributed by atoms with Gasteiger partial charge < -0.3 is 9.15 Å². The lowest BCUT2D eigenvalue weighted by Crippen LogP contribution is -2.30. The second-order valence-electron chi connectivity index (χ2n) is 6.79. The first-order valence-corrected chi connectivity index (χ1v) is 10.3. The second-order valence-corrected chi connectivity index (χ2v) is 7.85. The summed E-state index contributed by atoms with van der Waals surface area (Å²) in [5.41, 5.74) is 1.10. The predicted octanol–water partition coefficient (Wildman–Crippen LogP) is 5.17. The number of thiazole rings is 1. The standard InChI is InChI=1S/C22H21FN2O3S/c1-2-13-25(22-24-18-5-3-4-6-20(18)29-22)21(26)19-12-11-17(28-19)14-27-16-9-7-15(23)8-10-16/h2,7-12H,1,3-6,13-14H2. The molecular weight excluding hydrogens is 391 g/mol. The number of furan rings is 1. The van der Waals surface area contributed by atoms with Gasteiger partial charge in [-0.15, -0.1) is 17.9 Å². The lowest BCUT2D eigenvalue weighted by Gasteiger charge is -2.16. The van der Waals surface area contributed by atoms with Gasteiger partial charge >= 0.3 is 0 Å². The lowest BCUT2D eigenvalue weighted by molar-refractivity contribution is 0.0959. The van der Waals surface area contributed by atoms with Crippen molar-refractivity contribution in [3.63, 3.8) is 0 Å². The van der Waals surface area contributed by atoms with E-state index < -0.39 is 0 Å². The smallest absolute Gasteiger partial charge is 0.296 e. The maximum absolute atomic E-state index is 13.0. The molecule has 3 aromatic rings. The summed E-state index contributed by atoms with van der Waals surface area (Å²) in [6.45, 7) is 4.26. The molecule has 4 rings (SSSR count). The Bertz CT molecular complexity index is 986. The number of aryl methyl sites for hydroxylation is 2. The van der Waals surface area contributed by atoms with Crippen LogP contribution in [0.25, 0.3) is 0 Å². The number of ether oxygens (including phenoxy) is 1. The van der Waals surface area contributed by atoms with E-state index >= 15 is 0 Å². The largest absolute Gasteiger partial charge is 0.486 e. The number of aromatic nitrogens is 1. The van der Waals surface area contributed by atoms with Crippen LogP contribution in [-0.4, -0.2) is 17.4 Å². The van der Waals surface area contributed by atoms with Crippen LogP contribution in [-0.2, 0) is 19.4 Å². The van der Waals surface area contributed by atoms with E-state index in [0.717, 1.165) is 25.0 Å². The van der Waals surface area contributed by atoms with Crippen molar-refractivity contribution in [3.05, 3.63) is 77.0 Å². The van der Waals surface area contributed by atoms with E-state index in [2.05, 4.69) is 11.6 Å². The van der Waals surface area contributed by atoms with Crippen LogP contribution in [0, 0.1) is 5.82 Å². The fraction of sp³-hybridized carbons (Fsp3) is 0.273. The number of hydrogen-bond donors (Lipinski definition) is 0. The van der Waals surface area contributed by atoms with Gasteiger partial charge in [0.25, 0.3) is 5.91 Å². The zero-order chi connectivity index (χ0) is 20.2. The summed E-state index contributed by atoms with van der Waals surface area (Å²) >= 11 is 1.57. The van der Waals surface area contributed by atoms with Crippen LogP contribution in [0.15, 0.2) is 53.5 Å². The van der Waals surface area contributed by atoms with E-state index in [4.69, 9.17) is 9.15 Å². The molecule has 0 saturated carbocycles. The normalized spacial score (nSPS) is 13.0. The Morgan fingerprint density at radius 3 is 2.79 bits per heavy atom. The molecule has 0 unspecified atom stereocenters. The first-order chi connectivity index (χ1) is 14.1. The van der Waals surface area contributed by atoms with Gasteiger partial charge in [0.05, 0.1) is 5.69 Å². The zero-order valence-corrected chi connectivity index (χ0v) is 16.7. The van der Waals surface area contributed by atoms with Crippen LogP contribution in [0.1, 0.15) is 39.7 Å². The van der Waals surface area contributed by atoms with Gasteiger partial charge in [-0.1, -0.05) is 6.08 Å². The quantitative estimate of drug-likeness (QED) is 0.503. The van der Waals surface area contributed by atoms with E-state index in [1.165, 1.54) is 23.4 Å². The number of rotatable bonds is 7. The third-order valence-corrected chi connectivity index (χ3v) is 5.87. The van der Waals surface area contributed by atoms with Crippen molar-refractivity contribution in [2.45, 2.75) is 32.3 Å². The summed E-state index contributed by atoms with van der Waals surface area (Å²) in [6, 6.07) is 9.08. The summed E-state index contributed by atoms with van der Waals surface area (Å²) in [5.74, 6) is 0.670. The van der Waals surface area contributed by atoms with Gasteiger partial charge in [0.2, 0.25) is 0 Å². The molecule has 1 aromatic carbocycles. The molecule has 0 fully saturated rings. The van der Waals surface area contributed by atoms with Crippen LogP contribution in [0.3, 0.4) is 0 Å². The number of anilines is 1. The summed E-state index contributed by atoms with van der Waals surface area (Å²) in [6.07, 6.45) is 5.98. The molecule has 150 valence electrons. The van der Waals surface area contributed by atoms with E-state index in [1.807, 2.05) is 0 Å². The first-order valence-electron chi connectivity index (χ1n) is 9.52. The van der Waals surface area contributed by atoms with Crippen LogP contribution in [0.5, 0.6) is 5.75 Å². The monoisotopic (exact) mass is 412 g/mol. The van der Waals surface area contributed by atoms with Gasteiger partial charge in [0.15, 0.2) is 10.9 Å². The Balaban J connectivity index is 1.47. The van der Waals surface area contributed by atoms with Gasteiger partial charge in [-0.25, -0.2) is 9.37 Å². The minimum Gasteiger partial charge on any atom is -0.486 e. The highest BCUT2D eigenvalue weighted by Gasteiger charge is 2.25. The second kappa shape index (κ2) is 8.61. The zero-order valence-electron chi connectivity index (χ0n) is 15.9. The predicted molar refractivity (Wildman–Crippen MR) is 110 cm³/mol. The molecular formula is C22H21FN2O3S. The Labute approximate surface area is 172 Å². The Kier molecular flexibility index (Phi) is 5.76. The SMILES string of the molecule is C=CCN(C(=O)c1ccc(COc2ccc(F)cc2)o1)c1nc2c(s1)CCCC2. The number of hydrogen-bond acceptors (Lipinski definition) is 5. The fourth-order valence-corrected chi connectivity index (χ4v) is 4.38. The molecule has 2 aromatic heterocycles. The van der Waals surface area contributed by atoms with Gasteiger partial charge in [0.1, 0.15) is 23.9 Å². The third kappa shape index (κ3) is 4.40.